The predicted molar refractivity (Wildman–Crippen MR) is 52.5 cm³/mol. The zero-order valence-corrected chi connectivity index (χ0v) is 7.97. The summed E-state index contributed by atoms with van der Waals surface area (Å²) in [4.78, 5) is 17.1. The van der Waals surface area contributed by atoms with E-state index in [1.807, 2.05) is 11.0 Å². The number of Topliss-reactive ketones (excluding diaryl/α,β-unsaturated/α-hetero) is 1. The quantitative estimate of drug-likeness (QED) is 0.692. The van der Waals surface area contributed by atoms with Crippen LogP contribution >= 0.6 is 0 Å². The van der Waals surface area contributed by atoms with Crippen LogP contribution in [0, 0.1) is 0 Å². The number of anilines is 1. The summed E-state index contributed by atoms with van der Waals surface area (Å²) in [6.45, 7) is 2.78. The summed E-state index contributed by atoms with van der Waals surface area (Å²) in [6, 6.07) is 3.57. The number of β-amino-alcohol motifs (C(OH)–C–C–N with tert-alkyl or cyclic N) is 1. The van der Waals surface area contributed by atoms with E-state index in [1.165, 1.54) is 6.92 Å². The Labute approximate surface area is 82.2 Å². The molecule has 4 nitrogen and oxygen atoms in total. The van der Waals surface area contributed by atoms with Crippen molar-refractivity contribution in [1.82, 2.24) is 4.98 Å². The van der Waals surface area contributed by atoms with Gasteiger partial charge in [0, 0.05) is 24.8 Å². The number of aromatic nitrogens is 1. The molecule has 74 valence electrons. The molecule has 1 aromatic rings. The van der Waals surface area contributed by atoms with E-state index in [0.717, 1.165) is 5.82 Å². The fourth-order valence-corrected chi connectivity index (χ4v) is 1.42. The second-order valence-corrected chi connectivity index (χ2v) is 3.52. The van der Waals surface area contributed by atoms with E-state index in [4.69, 9.17) is 5.11 Å². The molecule has 0 radical (unpaired) electrons. The predicted octanol–water partition coefficient (Wildman–Crippen LogP) is 0.465. The van der Waals surface area contributed by atoms with Crippen molar-refractivity contribution in [1.29, 1.82) is 0 Å². The van der Waals surface area contributed by atoms with Crippen molar-refractivity contribution >= 4 is 11.6 Å². The first-order chi connectivity index (χ1) is 6.66. The number of aliphatic hydroxyl groups is 1. The standard InChI is InChI=1S/C10H12N2O2/c1-7(13)8-2-3-10(11-4-8)12-5-9(14)6-12/h2-4,9,14H,5-6H2,1H3. The van der Waals surface area contributed by atoms with Crippen LogP contribution in [0.4, 0.5) is 5.82 Å². The van der Waals surface area contributed by atoms with E-state index < -0.39 is 0 Å². The van der Waals surface area contributed by atoms with Crippen molar-refractivity contribution in [2.45, 2.75) is 13.0 Å². The minimum absolute atomic E-state index is 0.0210. The van der Waals surface area contributed by atoms with Gasteiger partial charge in [-0.3, -0.25) is 4.79 Å². The molecule has 0 spiro atoms. The van der Waals surface area contributed by atoms with Crippen LogP contribution in [0.5, 0.6) is 0 Å². The van der Waals surface area contributed by atoms with Gasteiger partial charge in [-0.2, -0.15) is 0 Å². The van der Waals surface area contributed by atoms with Crippen LogP contribution in [-0.2, 0) is 0 Å². The summed E-state index contributed by atoms with van der Waals surface area (Å²) in [5, 5.41) is 9.10. The second-order valence-electron chi connectivity index (χ2n) is 3.52. The Morgan fingerprint density at radius 2 is 2.29 bits per heavy atom. The molecule has 0 saturated carbocycles. The van der Waals surface area contributed by atoms with Gasteiger partial charge in [-0.1, -0.05) is 0 Å². The van der Waals surface area contributed by atoms with Crippen LogP contribution in [0.25, 0.3) is 0 Å². The zero-order chi connectivity index (χ0) is 10.1. The van der Waals surface area contributed by atoms with Crippen LogP contribution in [0.2, 0.25) is 0 Å². The van der Waals surface area contributed by atoms with E-state index in [9.17, 15) is 4.79 Å². The van der Waals surface area contributed by atoms with Gasteiger partial charge in [-0.05, 0) is 19.1 Å². The highest BCUT2D eigenvalue weighted by Gasteiger charge is 2.25. The highest BCUT2D eigenvalue weighted by Crippen LogP contribution is 2.18. The van der Waals surface area contributed by atoms with Gasteiger partial charge in [0.2, 0.25) is 0 Å². The van der Waals surface area contributed by atoms with Crippen molar-refractivity contribution in [3.05, 3.63) is 23.9 Å². The summed E-state index contributed by atoms with van der Waals surface area (Å²) in [5.41, 5.74) is 0.620. The fraction of sp³-hybridized carbons (Fsp3) is 0.400. The van der Waals surface area contributed by atoms with Crippen LogP contribution in [0.3, 0.4) is 0 Å². The number of aliphatic hydroxyl groups excluding tert-OH is 1. The lowest BCUT2D eigenvalue weighted by Crippen LogP contribution is -2.51. The number of hydrogen-bond acceptors (Lipinski definition) is 4. The second kappa shape index (κ2) is 3.38. The Balaban J connectivity index is 2.10. The SMILES string of the molecule is CC(=O)c1ccc(N2CC(O)C2)nc1. The molecule has 1 aromatic heterocycles. The first-order valence-corrected chi connectivity index (χ1v) is 4.57. The smallest absolute Gasteiger partial charge is 0.161 e. The lowest BCUT2D eigenvalue weighted by molar-refractivity contribution is 0.101. The van der Waals surface area contributed by atoms with Gasteiger partial charge >= 0.3 is 0 Å². The average Bonchev–Trinajstić information content (AvgIpc) is 2.13. The van der Waals surface area contributed by atoms with Gasteiger partial charge in [-0.25, -0.2) is 4.98 Å². The van der Waals surface area contributed by atoms with Crippen molar-refractivity contribution < 1.29 is 9.90 Å². The van der Waals surface area contributed by atoms with E-state index in [2.05, 4.69) is 4.98 Å². The van der Waals surface area contributed by atoms with Gasteiger partial charge in [0.1, 0.15) is 5.82 Å². The summed E-state index contributed by atoms with van der Waals surface area (Å²) in [6.07, 6.45) is 1.34. The van der Waals surface area contributed by atoms with Crippen molar-refractivity contribution in [3.8, 4) is 0 Å². The number of carbonyl (C=O) groups excluding carboxylic acids is 1. The number of nitrogens with zero attached hydrogens (tertiary/aromatic N) is 2. The average molecular weight is 192 g/mol. The van der Waals surface area contributed by atoms with E-state index in [1.54, 1.807) is 12.3 Å². The third-order valence-corrected chi connectivity index (χ3v) is 2.34. The van der Waals surface area contributed by atoms with Gasteiger partial charge in [0.25, 0.3) is 0 Å². The maximum absolute atomic E-state index is 11.0. The maximum Gasteiger partial charge on any atom is 0.161 e. The van der Waals surface area contributed by atoms with Crippen LogP contribution in [0.15, 0.2) is 18.3 Å². The molecular weight excluding hydrogens is 180 g/mol. The first kappa shape index (κ1) is 9.15. The third-order valence-electron chi connectivity index (χ3n) is 2.34. The minimum Gasteiger partial charge on any atom is -0.389 e. The molecule has 0 atom stereocenters. The molecule has 4 heteroatoms. The number of carbonyl (C=O) groups is 1. The van der Waals surface area contributed by atoms with Gasteiger partial charge < -0.3 is 10.0 Å². The van der Waals surface area contributed by atoms with E-state index in [0.29, 0.717) is 18.7 Å². The lowest BCUT2D eigenvalue weighted by Gasteiger charge is -2.36. The molecule has 1 saturated heterocycles. The van der Waals surface area contributed by atoms with E-state index in [-0.39, 0.29) is 11.9 Å². The highest BCUT2D eigenvalue weighted by atomic mass is 16.3. The molecule has 1 aliphatic rings. The largest absolute Gasteiger partial charge is 0.389 e. The Morgan fingerprint density at radius 1 is 1.57 bits per heavy atom. The number of rotatable bonds is 2. The Kier molecular flexibility index (Phi) is 2.21. The van der Waals surface area contributed by atoms with Crippen LogP contribution < -0.4 is 4.90 Å². The summed E-state index contributed by atoms with van der Waals surface area (Å²) in [5.74, 6) is 0.841. The number of hydrogen-bond donors (Lipinski definition) is 1. The van der Waals surface area contributed by atoms with Crippen molar-refractivity contribution in [3.63, 3.8) is 0 Å². The molecule has 0 aromatic carbocycles. The Hall–Kier alpha value is -1.42. The van der Waals surface area contributed by atoms with Gasteiger partial charge in [-0.15, -0.1) is 0 Å². The number of pyridine rings is 1. The third kappa shape index (κ3) is 1.61. The Morgan fingerprint density at radius 3 is 2.71 bits per heavy atom. The first-order valence-electron chi connectivity index (χ1n) is 4.57. The molecule has 1 fully saturated rings. The molecule has 2 rings (SSSR count). The molecule has 0 unspecified atom stereocenters. The van der Waals surface area contributed by atoms with Crippen molar-refractivity contribution in [2.75, 3.05) is 18.0 Å². The highest BCUT2D eigenvalue weighted by molar-refractivity contribution is 5.93. The van der Waals surface area contributed by atoms with Crippen LogP contribution in [0.1, 0.15) is 17.3 Å². The molecule has 0 bridgehead atoms. The minimum atomic E-state index is -0.232. The Bertz CT molecular complexity index is 342. The van der Waals surface area contributed by atoms with Gasteiger partial charge in [0.05, 0.1) is 6.10 Å². The molecule has 1 N–H and O–H groups in total. The zero-order valence-electron chi connectivity index (χ0n) is 7.97. The summed E-state index contributed by atoms with van der Waals surface area (Å²) >= 11 is 0. The molecule has 1 aliphatic heterocycles. The molecule has 0 aliphatic carbocycles. The maximum atomic E-state index is 11.0. The van der Waals surface area contributed by atoms with Gasteiger partial charge in [0.15, 0.2) is 5.78 Å². The monoisotopic (exact) mass is 192 g/mol. The summed E-state index contributed by atoms with van der Waals surface area (Å²) < 4.78 is 0. The molecule has 0 amide bonds. The number of ketones is 1. The van der Waals surface area contributed by atoms with E-state index >= 15 is 0 Å². The molecule has 2 heterocycles. The fourth-order valence-electron chi connectivity index (χ4n) is 1.42. The van der Waals surface area contributed by atoms with Crippen LogP contribution in [-0.4, -0.2) is 35.1 Å². The normalized spacial score (nSPS) is 16.6. The topological polar surface area (TPSA) is 53.4 Å². The van der Waals surface area contributed by atoms with Crippen molar-refractivity contribution in [2.24, 2.45) is 0 Å². The molecular formula is C10H12N2O2. The summed E-state index contributed by atoms with van der Waals surface area (Å²) in [7, 11) is 0. The molecule has 14 heavy (non-hydrogen) atoms. The lowest BCUT2D eigenvalue weighted by atomic mass is 10.1.